The van der Waals surface area contributed by atoms with Crippen molar-refractivity contribution in [1.82, 2.24) is 10.3 Å². The number of rotatable bonds is 6. The fraction of sp³-hybridized carbons (Fsp3) is 0.111. The summed E-state index contributed by atoms with van der Waals surface area (Å²) < 4.78 is 0. The van der Waals surface area contributed by atoms with E-state index >= 15 is 0 Å². The van der Waals surface area contributed by atoms with Gasteiger partial charge in [-0.2, -0.15) is 0 Å². The molecular formula is C18H17N3O3. The first-order valence-corrected chi connectivity index (χ1v) is 7.27. The number of aromatic nitrogens is 1. The van der Waals surface area contributed by atoms with Gasteiger partial charge >= 0.3 is 0 Å². The van der Waals surface area contributed by atoms with Crippen LogP contribution in [0.25, 0.3) is 0 Å². The zero-order valence-corrected chi connectivity index (χ0v) is 13.2. The number of hydrogen-bond acceptors (Lipinski definition) is 4. The van der Waals surface area contributed by atoms with Gasteiger partial charge in [-0.15, -0.1) is 6.58 Å². The summed E-state index contributed by atoms with van der Waals surface area (Å²) in [5.74, 6) is -0.842. The summed E-state index contributed by atoms with van der Waals surface area (Å²) >= 11 is 0. The lowest BCUT2D eigenvalue weighted by atomic mass is 10.1. The SMILES string of the molecule is C=CCNC(=O)c1cncc(C(=O)Nc2cccc(C(C)=O)c2)c1. The molecule has 1 heterocycles. The summed E-state index contributed by atoms with van der Waals surface area (Å²) in [7, 11) is 0. The second-order valence-electron chi connectivity index (χ2n) is 5.05. The van der Waals surface area contributed by atoms with Crippen LogP contribution in [0, 0.1) is 0 Å². The number of nitrogens with zero attached hydrogens (tertiary/aromatic N) is 1. The number of benzene rings is 1. The van der Waals surface area contributed by atoms with Gasteiger partial charge in [0.25, 0.3) is 11.8 Å². The van der Waals surface area contributed by atoms with E-state index in [1.54, 1.807) is 30.3 Å². The van der Waals surface area contributed by atoms with Crippen LogP contribution in [-0.2, 0) is 0 Å². The second-order valence-corrected chi connectivity index (χ2v) is 5.05. The predicted molar refractivity (Wildman–Crippen MR) is 91.2 cm³/mol. The first-order chi connectivity index (χ1) is 11.5. The number of carbonyl (C=O) groups excluding carboxylic acids is 3. The molecule has 24 heavy (non-hydrogen) atoms. The molecule has 0 radical (unpaired) electrons. The van der Waals surface area contributed by atoms with Gasteiger partial charge in [-0.05, 0) is 25.1 Å². The van der Waals surface area contributed by atoms with Crippen LogP contribution < -0.4 is 10.6 Å². The minimum atomic E-state index is -0.415. The zero-order chi connectivity index (χ0) is 17.5. The molecule has 0 atom stereocenters. The molecule has 1 aromatic heterocycles. The minimum absolute atomic E-state index is 0.0892. The molecule has 0 aliphatic heterocycles. The van der Waals surface area contributed by atoms with E-state index in [4.69, 9.17) is 0 Å². The fourth-order valence-corrected chi connectivity index (χ4v) is 1.97. The first-order valence-electron chi connectivity index (χ1n) is 7.27. The first kappa shape index (κ1) is 17.1. The lowest BCUT2D eigenvalue weighted by Gasteiger charge is -2.07. The third-order valence-electron chi connectivity index (χ3n) is 3.20. The molecule has 0 unspecified atom stereocenters. The van der Waals surface area contributed by atoms with E-state index in [9.17, 15) is 14.4 Å². The highest BCUT2D eigenvalue weighted by atomic mass is 16.2. The molecule has 1 aromatic carbocycles. The Labute approximate surface area is 139 Å². The molecule has 0 bridgehead atoms. The quantitative estimate of drug-likeness (QED) is 0.631. The van der Waals surface area contributed by atoms with E-state index in [0.29, 0.717) is 17.8 Å². The lowest BCUT2D eigenvalue weighted by Crippen LogP contribution is -2.24. The van der Waals surface area contributed by atoms with E-state index in [1.165, 1.54) is 25.4 Å². The Balaban J connectivity index is 2.15. The van der Waals surface area contributed by atoms with Crippen molar-refractivity contribution in [2.45, 2.75) is 6.92 Å². The van der Waals surface area contributed by atoms with E-state index in [-0.39, 0.29) is 22.8 Å². The van der Waals surface area contributed by atoms with Gasteiger partial charge in [0.2, 0.25) is 0 Å². The number of Topliss-reactive ketones (excluding diaryl/α,β-unsaturated/α-hetero) is 1. The van der Waals surface area contributed by atoms with Gasteiger partial charge in [-0.1, -0.05) is 18.2 Å². The molecule has 122 valence electrons. The third kappa shape index (κ3) is 4.36. The van der Waals surface area contributed by atoms with Crippen LogP contribution in [0.2, 0.25) is 0 Å². The zero-order valence-electron chi connectivity index (χ0n) is 13.2. The Morgan fingerprint density at radius 1 is 1.08 bits per heavy atom. The van der Waals surface area contributed by atoms with Crippen molar-refractivity contribution >= 4 is 23.3 Å². The van der Waals surface area contributed by atoms with Crippen molar-refractivity contribution < 1.29 is 14.4 Å². The topological polar surface area (TPSA) is 88.2 Å². The molecule has 0 saturated heterocycles. The summed E-state index contributed by atoms with van der Waals surface area (Å²) in [5.41, 5.74) is 1.52. The normalized spacial score (nSPS) is 9.88. The summed E-state index contributed by atoms with van der Waals surface area (Å²) in [5, 5.41) is 5.30. The molecule has 0 saturated carbocycles. The monoisotopic (exact) mass is 323 g/mol. The average molecular weight is 323 g/mol. The standard InChI is InChI=1S/C18H17N3O3/c1-3-7-20-17(23)14-8-15(11-19-10-14)18(24)21-16-6-4-5-13(9-16)12(2)22/h3-6,8-11H,1,7H2,2H3,(H,20,23)(H,21,24). The van der Waals surface area contributed by atoms with Gasteiger partial charge < -0.3 is 10.6 Å². The lowest BCUT2D eigenvalue weighted by molar-refractivity contribution is 0.0956. The molecule has 0 fully saturated rings. The highest BCUT2D eigenvalue weighted by molar-refractivity contribution is 6.06. The van der Waals surface area contributed by atoms with Crippen LogP contribution in [-0.4, -0.2) is 29.1 Å². The van der Waals surface area contributed by atoms with Crippen molar-refractivity contribution in [1.29, 1.82) is 0 Å². The summed E-state index contributed by atoms with van der Waals surface area (Å²) in [4.78, 5) is 39.5. The smallest absolute Gasteiger partial charge is 0.257 e. The Hall–Kier alpha value is -3.28. The Morgan fingerprint density at radius 3 is 2.46 bits per heavy atom. The molecule has 0 spiro atoms. The van der Waals surface area contributed by atoms with Crippen molar-refractivity contribution in [3.63, 3.8) is 0 Å². The van der Waals surface area contributed by atoms with Gasteiger partial charge in [0.1, 0.15) is 0 Å². The summed E-state index contributed by atoms with van der Waals surface area (Å²) in [6.45, 7) is 5.30. The largest absolute Gasteiger partial charge is 0.349 e. The number of amides is 2. The van der Waals surface area contributed by atoms with Gasteiger partial charge in [0.05, 0.1) is 11.1 Å². The van der Waals surface area contributed by atoms with Crippen LogP contribution in [0.1, 0.15) is 38.0 Å². The summed E-state index contributed by atoms with van der Waals surface area (Å²) in [6, 6.07) is 8.08. The van der Waals surface area contributed by atoms with E-state index in [1.807, 2.05) is 0 Å². The number of pyridine rings is 1. The van der Waals surface area contributed by atoms with Crippen LogP contribution in [0.3, 0.4) is 0 Å². The van der Waals surface area contributed by atoms with E-state index in [0.717, 1.165) is 0 Å². The Morgan fingerprint density at radius 2 is 1.79 bits per heavy atom. The fourth-order valence-electron chi connectivity index (χ4n) is 1.97. The van der Waals surface area contributed by atoms with Gasteiger partial charge in [-0.25, -0.2) is 0 Å². The molecule has 2 amide bonds. The molecule has 0 aliphatic carbocycles. The van der Waals surface area contributed by atoms with Crippen LogP contribution in [0.15, 0.2) is 55.4 Å². The maximum atomic E-state index is 12.3. The molecule has 6 nitrogen and oxygen atoms in total. The highest BCUT2D eigenvalue weighted by Crippen LogP contribution is 2.13. The number of anilines is 1. The Kier molecular flexibility index (Phi) is 5.57. The van der Waals surface area contributed by atoms with Crippen LogP contribution in [0.5, 0.6) is 0 Å². The molecule has 2 rings (SSSR count). The third-order valence-corrected chi connectivity index (χ3v) is 3.20. The van der Waals surface area contributed by atoms with E-state index in [2.05, 4.69) is 22.2 Å². The maximum Gasteiger partial charge on any atom is 0.257 e. The van der Waals surface area contributed by atoms with Crippen LogP contribution in [0.4, 0.5) is 5.69 Å². The molecule has 2 aromatic rings. The number of hydrogen-bond donors (Lipinski definition) is 2. The van der Waals surface area contributed by atoms with Crippen molar-refractivity contribution in [3.05, 3.63) is 72.1 Å². The maximum absolute atomic E-state index is 12.3. The van der Waals surface area contributed by atoms with Crippen molar-refractivity contribution in [2.24, 2.45) is 0 Å². The molecule has 6 heteroatoms. The predicted octanol–water partition coefficient (Wildman–Crippen LogP) is 2.45. The minimum Gasteiger partial charge on any atom is -0.349 e. The van der Waals surface area contributed by atoms with E-state index < -0.39 is 5.91 Å². The number of ketones is 1. The molecule has 0 aliphatic rings. The van der Waals surface area contributed by atoms with Crippen molar-refractivity contribution in [3.8, 4) is 0 Å². The average Bonchev–Trinajstić information content (AvgIpc) is 2.60. The van der Waals surface area contributed by atoms with Crippen molar-refractivity contribution in [2.75, 3.05) is 11.9 Å². The van der Waals surface area contributed by atoms with Crippen LogP contribution >= 0.6 is 0 Å². The van der Waals surface area contributed by atoms with Gasteiger partial charge in [0, 0.05) is 30.2 Å². The second kappa shape index (κ2) is 7.82. The number of carbonyl (C=O) groups is 3. The highest BCUT2D eigenvalue weighted by Gasteiger charge is 2.11. The summed E-state index contributed by atoms with van der Waals surface area (Å²) in [6.07, 6.45) is 4.31. The van der Waals surface area contributed by atoms with Gasteiger partial charge in [0.15, 0.2) is 5.78 Å². The number of nitrogens with one attached hydrogen (secondary N) is 2. The Bertz CT molecular complexity index is 800. The molecule has 2 N–H and O–H groups in total. The molecular weight excluding hydrogens is 306 g/mol. The van der Waals surface area contributed by atoms with Gasteiger partial charge in [-0.3, -0.25) is 19.4 Å².